The first-order valence-electron chi connectivity index (χ1n) is 7.57. The van der Waals surface area contributed by atoms with Gasteiger partial charge in [-0.15, -0.1) is 0 Å². The lowest BCUT2D eigenvalue weighted by Crippen LogP contribution is -2.44. The summed E-state index contributed by atoms with van der Waals surface area (Å²) >= 11 is 1.91. The Balaban J connectivity index is 1.74. The quantitative estimate of drug-likeness (QED) is 0.899. The maximum atomic E-state index is 12.8. The van der Waals surface area contributed by atoms with Gasteiger partial charge in [-0.1, -0.05) is 0 Å². The van der Waals surface area contributed by atoms with Gasteiger partial charge in [0.15, 0.2) is 5.76 Å². The fourth-order valence-corrected chi connectivity index (χ4v) is 4.14. The predicted octanol–water partition coefficient (Wildman–Crippen LogP) is 1.86. The van der Waals surface area contributed by atoms with Crippen molar-refractivity contribution in [1.82, 2.24) is 4.90 Å². The first-order chi connectivity index (χ1) is 10.3. The van der Waals surface area contributed by atoms with Crippen LogP contribution in [0.2, 0.25) is 0 Å². The molecule has 1 aromatic heterocycles. The summed E-state index contributed by atoms with van der Waals surface area (Å²) in [6.07, 6.45) is 3.34. The monoisotopic (exact) mass is 310 g/mol. The third-order valence-electron chi connectivity index (χ3n) is 4.11. The number of amides is 1. The van der Waals surface area contributed by atoms with E-state index in [1.165, 1.54) is 0 Å². The second-order valence-electron chi connectivity index (χ2n) is 5.58. The van der Waals surface area contributed by atoms with Gasteiger partial charge in [0.25, 0.3) is 5.91 Å². The number of thioether (sulfide) groups is 1. The first-order valence-corrected chi connectivity index (χ1v) is 8.72. The number of furan rings is 1. The Labute approximate surface area is 129 Å². The van der Waals surface area contributed by atoms with Gasteiger partial charge in [0.1, 0.15) is 5.76 Å². The Morgan fingerprint density at radius 2 is 2.33 bits per heavy atom. The van der Waals surface area contributed by atoms with E-state index < -0.39 is 0 Å². The van der Waals surface area contributed by atoms with E-state index in [9.17, 15) is 4.79 Å². The molecule has 3 heterocycles. The third-order valence-corrected chi connectivity index (χ3v) is 5.25. The van der Waals surface area contributed by atoms with Gasteiger partial charge in [0.2, 0.25) is 0 Å². The SMILES string of the molecule is NCc1ccc(C(=O)N(CC2CCCO2)C2CCSC2)o1. The van der Waals surface area contributed by atoms with Gasteiger partial charge in [-0.3, -0.25) is 4.79 Å². The molecule has 5 nitrogen and oxygen atoms in total. The molecule has 2 aliphatic rings. The molecular formula is C15H22N2O3S. The molecule has 2 saturated heterocycles. The topological polar surface area (TPSA) is 68.7 Å². The van der Waals surface area contributed by atoms with Gasteiger partial charge in [-0.2, -0.15) is 11.8 Å². The van der Waals surface area contributed by atoms with E-state index in [0.717, 1.165) is 37.4 Å². The molecule has 0 radical (unpaired) electrons. The summed E-state index contributed by atoms with van der Waals surface area (Å²) in [5.74, 6) is 3.13. The van der Waals surface area contributed by atoms with Crippen molar-refractivity contribution >= 4 is 17.7 Å². The number of ether oxygens (including phenoxy) is 1. The summed E-state index contributed by atoms with van der Waals surface area (Å²) < 4.78 is 11.2. The number of nitrogens with two attached hydrogens (primary N) is 1. The number of hydrogen-bond donors (Lipinski definition) is 1. The van der Waals surface area contributed by atoms with E-state index in [0.29, 0.717) is 24.6 Å². The average Bonchev–Trinajstić information content (AvgIpc) is 3.25. The highest BCUT2D eigenvalue weighted by Gasteiger charge is 2.32. The van der Waals surface area contributed by atoms with Crippen LogP contribution in [0.3, 0.4) is 0 Å². The van der Waals surface area contributed by atoms with Gasteiger partial charge in [0, 0.05) is 24.9 Å². The Kier molecular flexibility index (Phi) is 4.87. The van der Waals surface area contributed by atoms with Gasteiger partial charge >= 0.3 is 0 Å². The van der Waals surface area contributed by atoms with Gasteiger partial charge in [-0.25, -0.2) is 0 Å². The fraction of sp³-hybridized carbons (Fsp3) is 0.667. The molecule has 116 valence electrons. The second-order valence-corrected chi connectivity index (χ2v) is 6.73. The second kappa shape index (κ2) is 6.85. The molecule has 2 fully saturated rings. The van der Waals surface area contributed by atoms with Crippen LogP contribution < -0.4 is 5.73 Å². The predicted molar refractivity (Wildman–Crippen MR) is 82.3 cm³/mol. The molecule has 21 heavy (non-hydrogen) atoms. The minimum atomic E-state index is -0.0299. The average molecular weight is 310 g/mol. The van der Waals surface area contributed by atoms with Gasteiger partial charge in [0.05, 0.1) is 12.6 Å². The first kappa shape index (κ1) is 14.9. The lowest BCUT2D eigenvalue weighted by atomic mass is 10.1. The lowest BCUT2D eigenvalue weighted by Gasteiger charge is -2.30. The smallest absolute Gasteiger partial charge is 0.289 e. The maximum Gasteiger partial charge on any atom is 0.289 e. The summed E-state index contributed by atoms with van der Waals surface area (Å²) in [5.41, 5.74) is 5.55. The Bertz CT molecular complexity index is 479. The fourth-order valence-electron chi connectivity index (χ4n) is 2.92. The Morgan fingerprint density at radius 1 is 1.43 bits per heavy atom. The minimum absolute atomic E-state index is 0.0299. The van der Waals surface area contributed by atoms with Crippen LogP contribution in [0.4, 0.5) is 0 Å². The molecule has 2 N–H and O–H groups in total. The number of carbonyl (C=O) groups is 1. The lowest BCUT2D eigenvalue weighted by molar-refractivity contribution is 0.0417. The van der Waals surface area contributed by atoms with Crippen molar-refractivity contribution in [2.75, 3.05) is 24.7 Å². The Hall–Kier alpha value is -0.980. The summed E-state index contributed by atoms with van der Waals surface area (Å²) in [6.45, 7) is 1.80. The molecule has 0 bridgehead atoms. The number of nitrogens with zero attached hydrogens (tertiary/aromatic N) is 1. The molecule has 1 amide bonds. The van der Waals surface area contributed by atoms with Crippen LogP contribution in [-0.2, 0) is 11.3 Å². The van der Waals surface area contributed by atoms with Crippen LogP contribution in [-0.4, -0.2) is 47.6 Å². The van der Waals surface area contributed by atoms with Gasteiger partial charge < -0.3 is 19.8 Å². The third kappa shape index (κ3) is 3.44. The van der Waals surface area contributed by atoms with Crippen LogP contribution >= 0.6 is 11.8 Å². The molecule has 2 aliphatic heterocycles. The summed E-state index contributed by atoms with van der Waals surface area (Å²) in [5, 5.41) is 0. The molecule has 0 spiro atoms. The van der Waals surface area contributed by atoms with E-state index in [1.54, 1.807) is 12.1 Å². The van der Waals surface area contributed by atoms with Crippen molar-refractivity contribution in [1.29, 1.82) is 0 Å². The zero-order valence-corrected chi connectivity index (χ0v) is 12.9. The highest BCUT2D eigenvalue weighted by atomic mass is 32.2. The summed E-state index contributed by atoms with van der Waals surface area (Å²) in [7, 11) is 0. The standard InChI is InChI=1S/C15H22N2O3S/c16-8-12-3-4-14(20-12)15(18)17(11-5-7-21-10-11)9-13-2-1-6-19-13/h3-4,11,13H,1-2,5-10,16H2. The van der Waals surface area contributed by atoms with Crippen molar-refractivity contribution in [3.05, 3.63) is 23.7 Å². The van der Waals surface area contributed by atoms with Crippen molar-refractivity contribution in [2.45, 2.75) is 38.0 Å². The number of carbonyl (C=O) groups excluding carboxylic acids is 1. The normalized spacial score (nSPS) is 25.4. The zero-order chi connectivity index (χ0) is 14.7. The Morgan fingerprint density at radius 3 is 2.95 bits per heavy atom. The van der Waals surface area contributed by atoms with Crippen LogP contribution in [0, 0.1) is 0 Å². The molecule has 0 aliphatic carbocycles. The van der Waals surface area contributed by atoms with Crippen LogP contribution in [0.25, 0.3) is 0 Å². The minimum Gasteiger partial charge on any atom is -0.455 e. The van der Waals surface area contributed by atoms with E-state index in [2.05, 4.69) is 0 Å². The van der Waals surface area contributed by atoms with E-state index in [1.807, 2.05) is 16.7 Å². The molecule has 0 aromatic carbocycles. The van der Waals surface area contributed by atoms with Crippen LogP contribution in [0.15, 0.2) is 16.5 Å². The molecule has 3 rings (SSSR count). The van der Waals surface area contributed by atoms with Crippen molar-refractivity contribution in [2.24, 2.45) is 5.73 Å². The largest absolute Gasteiger partial charge is 0.455 e. The zero-order valence-electron chi connectivity index (χ0n) is 12.1. The van der Waals surface area contributed by atoms with E-state index in [-0.39, 0.29) is 18.1 Å². The molecular weight excluding hydrogens is 288 g/mol. The maximum absolute atomic E-state index is 12.8. The molecule has 0 saturated carbocycles. The van der Waals surface area contributed by atoms with Crippen molar-refractivity contribution in [3.63, 3.8) is 0 Å². The number of rotatable bonds is 5. The number of hydrogen-bond acceptors (Lipinski definition) is 5. The highest BCUT2D eigenvalue weighted by molar-refractivity contribution is 7.99. The summed E-state index contributed by atoms with van der Waals surface area (Å²) in [4.78, 5) is 14.7. The van der Waals surface area contributed by atoms with E-state index in [4.69, 9.17) is 14.9 Å². The molecule has 2 atom stereocenters. The van der Waals surface area contributed by atoms with E-state index >= 15 is 0 Å². The van der Waals surface area contributed by atoms with Crippen molar-refractivity contribution < 1.29 is 13.9 Å². The van der Waals surface area contributed by atoms with Gasteiger partial charge in [-0.05, 0) is 37.1 Å². The van der Waals surface area contributed by atoms with Crippen molar-refractivity contribution in [3.8, 4) is 0 Å². The molecule has 1 aromatic rings. The summed E-state index contributed by atoms with van der Waals surface area (Å²) in [6, 6.07) is 3.80. The van der Waals surface area contributed by atoms with Crippen LogP contribution in [0.5, 0.6) is 0 Å². The highest BCUT2D eigenvalue weighted by Crippen LogP contribution is 2.26. The molecule has 6 heteroatoms. The molecule has 2 unspecified atom stereocenters. The van der Waals surface area contributed by atoms with Crippen LogP contribution in [0.1, 0.15) is 35.6 Å².